The number of hydrogen-bond donors (Lipinski definition) is 2. The number of aryl methyl sites for hydroxylation is 2. The summed E-state index contributed by atoms with van der Waals surface area (Å²) in [5.41, 5.74) is 3.39. The van der Waals surface area contributed by atoms with E-state index in [9.17, 15) is 4.79 Å². The first-order valence-corrected chi connectivity index (χ1v) is 8.27. The van der Waals surface area contributed by atoms with Crippen molar-refractivity contribution in [1.29, 1.82) is 0 Å². The van der Waals surface area contributed by atoms with Crippen LogP contribution in [0.15, 0.2) is 23.8 Å². The number of urea groups is 1. The summed E-state index contributed by atoms with van der Waals surface area (Å²) >= 11 is 1.64. The van der Waals surface area contributed by atoms with Gasteiger partial charge >= 0.3 is 6.03 Å². The Morgan fingerprint density at radius 2 is 2.18 bits per heavy atom. The number of amides is 2. The molecule has 0 aliphatic heterocycles. The van der Waals surface area contributed by atoms with Gasteiger partial charge in [-0.25, -0.2) is 9.78 Å². The second-order valence-corrected chi connectivity index (χ2v) is 6.31. The highest BCUT2D eigenvalue weighted by atomic mass is 32.1. The van der Waals surface area contributed by atoms with E-state index in [4.69, 9.17) is 0 Å². The van der Waals surface area contributed by atoms with Crippen molar-refractivity contribution >= 4 is 17.4 Å². The summed E-state index contributed by atoms with van der Waals surface area (Å²) in [6.45, 7) is 7.28. The molecule has 1 atom stereocenters. The molecule has 2 aromatic heterocycles. The van der Waals surface area contributed by atoms with Gasteiger partial charge in [-0.3, -0.25) is 4.98 Å². The van der Waals surface area contributed by atoms with Gasteiger partial charge in [-0.1, -0.05) is 6.92 Å². The molecule has 2 heterocycles. The SMILES string of the molecule is Cc1csc([C@@H](C)CNC(=O)NCCc2ccncc2C)n1. The van der Waals surface area contributed by atoms with E-state index < -0.39 is 0 Å². The molecule has 2 N–H and O–H groups in total. The molecule has 0 aromatic carbocycles. The molecule has 22 heavy (non-hydrogen) atoms. The second kappa shape index (κ2) is 7.89. The second-order valence-electron chi connectivity index (χ2n) is 5.42. The van der Waals surface area contributed by atoms with Crippen molar-refractivity contribution in [2.24, 2.45) is 0 Å². The normalized spacial score (nSPS) is 12.0. The van der Waals surface area contributed by atoms with Crippen LogP contribution in [0.1, 0.15) is 34.7 Å². The maximum Gasteiger partial charge on any atom is 0.314 e. The molecule has 0 saturated carbocycles. The number of carbonyl (C=O) groups excluding carboxylic acids is 1. The van der Waals surface area contributed by atoms with E-state index in [0.717, 1.165) is 22.7 Å². The molecule has 0 fully saturated rings. The van der Waals surface area contributed by atoms with Crippen LogP contribution in [-0.4, -0.2) is 29.1 Å². The number of nitrogens with zero attached hydrogens (tertiary/aromatic N) is 2. The summed E-state index contributed by atoms with van der Waals surface area (Å²) in [4.78, 5) is 20.3. The van der Waals surface area contributed by atoms with Crippen molar-refractivity contribution in [3.63, 3.8) is 0 Å². The Labute approximate surface area is 135 Å². The number of pyridine rings is 1. The lowest BCUT2D eigenvalue weighted by atomic mass is 10.1. The lowest BCUT2D eigenvalue weighted by Gasteiger charge is -2.11. The van der Waals surface area contributed by atoms with E-state index in [-0.39, 0.29) is 11.9 Å². The first-order chi connectivity index (χ1) is 10.6. The van der Waals surface area contributed by atoms with E-state index in [1.54, 1.807) is 17.5 Å². The van der Waals surface area contributed by atoms with E-state index in [2.05, 4.69) is 27.5 Å². The number of thiazole rings is 1. The van der Waals surface area contributed by atoms with Crippen molar-refractivity contribution in [1.82, 2.24) is 20.6 Å². The third kappa shape index (κ3) is 4.80. The molecule has 0 radical (unpaired) electrons. The number of carbonyl (C=O) groups is 1. The monoisotopic (exact) mass is 318 g/mol. The van der Waals surface area contributed by atoms with Gasteiger partial charge in [-0.15, -0.1) is 11.3 Å². The molecule has 5 nitrogen and oxygen atoms in total. The molecule has 0 spiro atoms. The fourth-order valence-electron chi connectivity index (χ4n) is 2.09. The molecule has 6 heteroatoms. The van der Waals surface area contributed by atoms with Crippen molar-refractivity contribution in [2.75, 3.05) is 13.1 Å². The van der Waals surface area contributed by atoms with Gasteiger partial charge in [-0.2, -0.15) is 0 Å². The molecule has 0 saturated heterocycles. The van der Waals surface area contributed by atoms with E-state index in [1.807, 2.05) is 31.5 Å². The van der Waals surface area contributed by atoms with Gasteiger partial charge in [0.25, 0.3) is 0 Å². The van der Waals surface area contributed by atoms with Crippen LogP contribution in [0.3, 0.4) is 0 Å². The summed E-state index contributed by atoms with van der Waals surface area (Å²) in [5.74, 6) is 0.229. The minimum absolute atomic E-state index is 0.133. The molecular formula is C16H22N4OS. The molecular weight excluding hydrogens is 296 g/mol. The Morgan fingerprint density at radius 3 is 2.86 bits per heavy atom. The minimum atomic E-state index is -0.133. The topological polar surface area (TPSA) is 66.9 Å². The third-order valence-electron chi connectivity index (χ3n) is 3.44. The highest BCUT2D eigenvalue weighted by Crippen LogP contribution is 2.18. The van der Waals surface area contributed by atoms with Crippen LogP contribution in [0, 0.1) is 13.8 Å². The molecule has 2 aromatic rings. The van der Waals surface area contributed by atoms with Crippen LogP contribution in [0.2, 0.25) is 0 Å². The van der Waals surface area contributed by atoms with Crippen molar-refractivity contribution < 1.29 is 4.79 Å². The van der Waals surface area contributed by atoms with Gasteiger partial charge in [0, 0.05) is 42.5 Å². The first kappa shape index (κ1) is 16.4. The number of aromatic nitrogens is 2. The summed E-state index contributed by atoms with van der Waals surface area (Å²) in [5, 5.41) is 8.87. The maximum atomic E-state index is 11.8. The zero-order chi connectivity index (χ0) is 15.9. The van der Waals surface area contributed by atoms with Crippen LogP contribution >= 0.6 is 11.3 Å². The fourth-order valence-corrected chi connectivity index (χ4v) is 2.94. The van der Waals surface area contributed by atoms with Crippen LogP contribution < -0.4 is 10.6 Å². The zero-order valence-electron chi connectivity index (χ0n) is 13.2. The minimum Gasteiger partial charge on any atom is -0.338 e. The average molecular weight is 318 g/mol. The Morgan fingerprint density at radius 1 is 1.36 bits per heavy atom. The van der Waals surface area contributed by atoms with Crippen LogP contribution in [0.5, 0.6) is 0 Å². The third-order valence-corrected chi connectivity index (χ3v) is 4.64. The Kier molecular flexibility index (Phi) is 5.89. The lowest BCUT2D eigenvalue weighted by molar-refractivity contribution is 0.240. The molecule has 2 rings (SSSR count). The van der Waals surface area contributed by atoms with Gasteiger partial charge in [-0.05, 0) is 37.5 Å². The van der Waals surface area contributed by atoms with E-state index in [0.29, 0.717) is 13.1 Å². The smallest absolute Gasteiger partial charge is 0.314 e. The molecule has 118 valence electrons. The van der Waals surface area contributed by atoms with Crippen molar-refractivity contribution in [2.45, 2.75) is 33.1 Å². The number of rotatable bonds is 6. The van der Waals surface area contributed by atoms with Gasteiger partial charge in [0.2, 0.25) is 0 Å². The standard InChI is InChI=1S/C16H22N4OS/c1-11-8-17-6-4-14(11)5-7-18-16(21)19-9-12(2)15-20-13(3)10-22-15/h4,6,8,10,12H,5,7,9H2,1-3H3,(H2,18,19,21)/t12-/m0/s1. The van der Waals surface area contributed by atoms with Crippen LogP contribution in [0.25, 0.3) is 0 Å². The Hall–Kier alpha value is -1.95. The van der Waals surface area contributed by atoms with Crippen molar-refractivity contribution in [3.8, 4) is 0 Å². The highest BCUT2D eigenvalue weighted by molar-refractivity contribution is 7.09. The number of nitrogens with one attached hydrogen (secondary N) is 2. The summed E-state index contributed by atoms with van der Waals surface area (Å²) in [6, 6.07) is 1.86. The zero-order valence-corrected chi connectivity index (χ0v) is 14.0. The van der Waals surface area contributed by atoms with E-state index in [1.165, 1.54) is 5.56 Å². The summed E-state index contributed by atoms with van der Waals surface area (Å²) in [6.07, 6.45) is 4.43. The largest absolute Gasteiger partial charge is 0.338 e. The first-order valence-electron chi connectivity index (χ1n) is 7.39. The summed E-state index contributed by atoms with van der Waals surface area (Å²) in [7, 11) is 0. The Bertz CT molecular complexity index is 626. The molecule has 0 aliphatic carbocycles. The van der Waals surface area contributed by atoms with Gasteiger partial charge in [0.15, 0.2) is 0 Å². The molecule has 0 unspecified atom stereocenters. The van der Waals surface area contributed by atoms with Crippen LogP contribution in [-0.2, 0) is 6.42 Å². The lowest BCUT2D eigenvalue weighted by Crippen LogP contribution is -2.38. The predicted molar refractivity (Wildman–Crippen MR) is 89.3 cm³/mol. The number of hydrogen-bond acceptors (Lipinski definition) is 4. The summed E-state index contributed by atoms with van der Waals surface area (Å²) < 4.78 is 0. The highest BCUT2D eigenvalue weighted by Gasteiger charge is 2.10. The van der Waals surface area contributed by atoms with Crippen molar-refractivity contribution in [3.05, 3.63) is 45.7 Å². The molecule has 0 bridgehead atoms. The van der Waals surface area contributed by atoms with E-state index >= 15 is 0 Å². The average Bonchev–Trinajstić information content (AvgIpc) is 2.93. The van der Waals surface area contributed by atoms with Crippen LogP contribution in [0.4, 0.5) is 4.79 Å². The Balaban J connectivity index is 1.69. The quantitative estimate of drug-likeness (QED) is 0.860. The fraction of sp³-hybridized carbons (Fsp3) is 0.438. The van der Waals surface area contributed by atoms with Gasteiger partial charge in [0.05, 0.1) is 5.01 Å². The maximum absolute atomic E-state index is 11.8. The molecule has 0 aliphatic rings. The molecule has 2 amide bonds. The van der Waals surface area contributed by atoms with Gasteiger partial charge in [0.1, 0.15) is 0 Å². The van der Waals surface area contributed by atoms with Gasteiger partial charge < -0.3 is 10.6 Å². The predicted octanol–water partition coefficient (Wildman–Crippen LogP) is 2.80.